The van der Waals surface area contributed by atoms with E-state index in [9.17, 15) is 0 Å². The van der Waals surface area contributed by atoms with E-state index < -0.39 is 0 Å². The van der Waals surface area contributed by atoms with Crippen molar-refractivity contribution >= 4 is 11.6 Å². The Morgan fingerprint density at radius 3 is 2.44 bits per heavy atom. The maximum atomic E-state index is 5.96. The van der Waals surface area contributed by atoms with Crippen LogP contribution in [0, 0.1) is 0 Å². The van der Waals surface area contributed by atoms with E-state index in [2.05, 4.69) is 31.0 Å². The van der Waals surface area contributed by atoms with Gasteiger partial charge in [-0.05, 0) is 29.7 Å². The molecule has 0 saturated carbocycles. The summed E-state index contributed by atoms with van der Waals surface area (Å²) in [6.45, 7) is 4.28. The Morgan fingerprint density at radius 1 is 1.06 bits per heavy atom. The molecule has 0 saturated heterocycles. The zero-order chi connectivity index (χ0) is 11.5. The van der Waals surface area contributed by atoms with E-state index in [1.54, 1.807) is 0 Å². The normalized spacial score (nSPS) is 10.8. The van der Waals surface area contributed by atoms with E-state index in [-0.39, 0.29) is 0 Å². The average molecular weight is 232 g/mol. The second-order valence-corrected chi connectivity index (χ2v) is 4.57. The minimum absolute atomic E-state index is 0.466. The van der Waals surface area contributed by atoms with Gasteiger partial charge in [0.1, 0.15) is 0 Å². The Bertz CT molecular complexity index is 474. The monoisotopic (exact) mass is 231 g/mol. The Kier molecular flexibility index (Phi) is 3.25. The summed E-state index contributed by atoms with van der Waals surface area (Å²) in [4.78, 5) is 4.44. The van der Waals surface area contributed by atoms with Gasteiger partial charge in [0, 0.05) is 22.5 Å². The van der Waals surface area contributed by atoms with Gasteiger partial charge in [0.2, 0.25) is 0 Å². The highest BCUT2D eigenvalue weighted by molar-refractivity contribution is 6.30. The Morgan fingerprint density at radius 2 is 1.88 bits per heavy atom. The summed E-state index contributed by atoms with van der Waals surface area (Å²) >= 11 is 5.96. The molecule has 0 bridgehead atoms. The number of pyridine rings is 1. The summed E-state index contributed by atoms with van der Waals surface area (Å²) in [5.74, 6) is 0.466. The molecule has 82 valence electrons. The Labute approximate surface area is 101 Å². The molecule has 0 aliphatic rings. The summed E-state index contributed by atoms with van der Waals surface area (Å²) in [6.07, 6.45) is 1.90. The molecule has 1 aromatic carbocycles. The van der Waals surface area contributed by atoms with Crippen LogP contribution in [0.2, 0.25) is 5.02 Å². The van der Waals surface area contributed by atoms with Crippen LogP contribution in [0.25, 0.3) is 11.1 Å². The lowest BCUT2D eigenvalue weighted by atomic mass is 10.1. The second kappa shape index (κ2) is 4.67. The molecule has 0 spiro atoms. The molecule has 0 aliphatic heterocycles. The number of halogens is 1. The molecular weight excluding hydrogens is 218 g/mol. The van der Waals surface area contributed by atoms with Crippen LogP contribution in [-0.2, 0) is 0 Å². The molecule has 0 N–H and O–H groups in total. The average Bonchev–Trinajstić information content (AvgIpc) is 2.29. The first-order valence-corrected chi connectivity index (χ1v) is 5.76. The van der Waals surface area contributed by atoms with Crippen molar-refractivity contribution in [3.05, 3.63) is 53.3 Å². The van der Waals surface area contributed by atoms with Crippen molar-refractivity contribution in [2.24, 2.45) is 0 Å². The van der Waals surface area contributed by atoms with E-state index in [1.165, 1.54) is 0 Å². The van der Waals surface area contributed by atoms with Gasteiger partial charge in [-0.1, -0.05) is 43.6 Å². The van der Waals surface area contributed by atoms with Gasteiger partial charge in [0.05, 0.1) is 0 Å². The molecule has 1 aromatic heterocycles. The van der Waals surface area contributed by atoms with Crippen LogP contribution in [0.1, 0.15) is 25.5 Å². The van der Waals surface area contributed by atoms with Gasteiger partial charge in [-0.2, -0.15) is 0 Å². The van der Waals surface area contributed by atoms with Crippen molar-refractivity contribution in [2.45, 2.75) is 19.8 Å². The molecule has 2 rings (SSSR count). The SMILES string of the molecule is CC(C)c1ccc(-c2cccc(Cl)c2)cn1. The minimum atomic E-state index is 0.466. The molecule has 0 amide bonds. The predicted octanol–water partition coefficient (Wildman–Crippen LogP) is 4.53. The summed E-state index contributed by atoms with van der Waals surface area (Å²) in [6, 6.07) is 12.0. The van der Waals surface area contributed by atoms with E-state index >= 15 is 0 Å². The quantitative estimate of drug-likeness (QED) is 0.740. The van der Waals surface area contributed by atoms with Crippen molar-refractivity contribution in [3.8, 4) is 11.1 Å². The maximum absolute atomic E-state index is 5.96. The highest BCUT2D eigenvalue weighted by atomic mass is 35.5. The highest BCUT2D eigenvalue weighted by Crippen LogP contribution is 2.23. The van der Waals surface area contributed by atoms with Crippen LogP contribution >= 0.6 is 11.6 Å². The van der Waals surface area contributed by atoms with Gasteiger partial charge < -0.3 is 0 Å². The van der Waals surface area contributed by atoms with Crippen molar-refractivity contribution in [2.75, 3.05) is 0 Å². The first-order valence-electron chi connectivity index (χ1n) is 5.38. The maximum Gasteiger partial charge on any atom is 0.0429 e. The number of hydrogen-bond acceptors (Lipinski definition) is 1. The lowest BCUT2D eigenvalue weighted by Gasteiger charge is -2.06. The molecule has 1 nitrogen and oxygen atoms in total. The van der Waals surface area contributed by atoms with Gasteiger partial charge in [-0.15, -0.1) is 0 Å². The summed E-state index contributed by atoms with van der Waals surface area (Å²) in [7, 11) is 0. The second-order valence-electron chi connectivity index (χ2n) is 4.14. The summed E-state index contributed by atoms with van der Waals surface area (Å²) in [5, 5.41) is 0.755. The van der Waals surface area contributed by atoms with Crippen LogP contribution in [0.3, 0.4) is 0 Å². The predicted molar refractivity (Wildman–Crippen MR) is 68.8 cm³/mol. The Hall–Kier alpha value is -1.34. The van der Waals surface area contributed by atoms with Crippen molar-refractivity contribution < 1.29 is 0 Å². The van der Waals surface area contributed by atoms with Crippen LogP contribution in [0.15, 0.2) is 42.6 Å². The lowest BCUT2D eigenvalue weighted by Crippen LogP contribution is -1.91. The topological polar surface area (TPSA) is 12.9 Å². The lowest BCUT2D eigenvalue weighted by molar-refractivity contribution is 0.823. The van der Waals surface area contributed by atoms with Crippen LogP contribution in [0.5, 0.6) is 0 Å². The Balaban J connectivity index is 2.35. The largest absolute Gasteiger partial charge is 0.260 e. The van der Waals surface area contributed by atoms with E-state index in [1.807, 2.05) is 30.5 Å². The zero-order valence-electron chi connectivity index (χ0n) is 9.44. The van der Waals surface area contributed by atoms with E-state index in [4.69, 9.17) is 11.6 Å². The first-order chi connectivity index (χ1) is 7.66. The summed E-state index contributed by atoms with van der Waals surface area (Å²) < 4.78 is 0. The number of rotatable bonds is 2. The molecule has 0 unspecified atom stereocenters. The fourth-order valence-corrected chi connectivity index (χ4v) is 1.78. The number of hydrogen-bond donors (Lipinski definition) is 0. The van der Waals surface area contributed by atoms with E-state index in [0.717, 1.165) is 21.8 Å². The molecule has 0 aliphatic carbocycles. The zero-order valence-corrected chi connectivity index (χ0v) is 10.2. The molecule has 1 heterocycles. The van der Waals surface area contributed by atoms with Crippen molar-refractivity contribution in [1.29, 1.82) is 0 Å². The standard InChI is InChI=1S/C14H14ClN/c1-10(2)14-7-6-12(9-16-14)11-4-3-5-13(15)8-11/h3-10H,1-2H3. The van der Waals surface area contributed by atoms with Gasteiger partial charge in [0.25, 0.3) is 0 Å². The van der Waals surface area contributed by atoms with Crippen molar-refractivity contribution in [3.63, 3.8) is 0 Å². The minimum Gasteiger partial charge on any atom is -0.260 e. The molecular formula is C14H14ClN. The smallest absolute Gasteiger partial charge is 0.0429 e. The molecule has 2 heteroatoms. The molecule has 0 atom stereocenters. The number of nitrogens with zero attached hydrogens (tertiary/aromatic N) is 1. The highest BCUT2D eigenvalue weighted by Gasteiger charge is 2.02. The van der Waals surface area contributed by atoms with Crippen LogP contribution < -0.4 is 0 Å². The van der Waals surface area contributed by atoms with Gasteiger partial charge >= 0.3 is 0 Å². The molecule has 0 radical (unpaired) electrons. The third kappa shape index (κ3) is 2.42. The van der Waals surface area contributed by atoms with Gasteiger partial charge in [-0.3, -0.25) is 4.98 Å². The summed E-state index contributed by atoms with van der Waals surface area (Å²) in [5.41, 5.74) is 3.33. The number of aromatic nitrogens is 1. The number of benzene rings is 1. The van der Waals surface area contributed by atoms with Crippen LogP contribution in [0.4, 0.5) is 0 Å². The third-order valence-electron chi connectivity index (χ3n) is 2.54. The fraction of sp³-hybridized carbons (Fsp3) is 0.214. The van der Waals surface area contributed by atoms with Gasteiger partial charge in [0.15, 0.2) is 0 Å². The molecule has 2 aromatic rings. The molecule has 0 fully saturated rings. The molecule has 16 heavy (non-hydrogen) atoms. The third-order valence-corrected chi connectivity index (χ3v) is 2.77. The first kappa shape index (κ1) is 11.2. The van der Waals surface area contributed by atoms with Crippen molar-refractivity contribution in [1.82, 2.24) is 4.98 Å². The fourth-order valence-electron chi connectivity index (χ4n) is 1.59. The van der Waals surface area contributed by atoms with Gasteiger partial charge in [-0.25, -0.2) is 0 Å². The van der Waals surface area contributed by atoms with E-state index in [0.29, 0.717) is 5.92 Å². The van der Waals surface area contributed by atoms with Crippen LogP contribution in [-0.4, -0.2) is 4.98 Å².